The minimum atomic E-state index is 0. The SMILES string of the molecule is CCCNCCNC(=O)CCc1cc(OC)cc(OC)c1.Cl. The van der Waals surface area contributed by atoms with E-state index in [2.05, 4.69) is 17.6 Å². The number of nitrogens with one attached hydrogen (secondary N) is 2. The Labute approximate surface area is 139 Å². The highest BCUT2D eigenvalue weighted by Crippen LogP contribution is 2.23. The van der Waals surface area contributed by atoms with Crippen LogP contribution in [0, 0.1) is 0 Å². The maximum Gasteiger partial charge on any atom is 0.220 e. The lowest BCUT2D eigenvalue weighted by Gasteiger charge is -2.09. The molecular formula is C16H27ClN2O3. The molecule has 0 fully saturated rings. The summed E-state index contributed by atoms with van der Waals surface area (Å²) in [5.41, 5.74) is 1.03. The van der Waals surface area contributed by atoms with Crippen molar-refractivity contribution in [3.8, 4) is 11.5 Å². The van der Waals surface area contributed by atoms with Crippen LogP contribution in [0.2, 0.25) is 0 Å². The monoisotopic (exact) mass is 330 g/mol. The number of carbonyl (C=O) groups is 1. The topological polar surface area (TPSA) is 59.6 Å². The van der Waals surface area contributed by atoms with Crippen LogP contribution >= 0.6 is 12.4 Å². The second kappa shape index (κ2) is 12.1. The second-order valence-corrected chi connectivity index (χ2v) is 4.82. The number of aryl methyl sites for hydroxylation is 1. The largest absolute Gasteiger partial charge is 0.497 e. The minimum absolute atomic E-state index is 0. The number of hydrogen-bond donors (Lipinski definition) is 2. The van der Waals surface area contributed by atoms with E-state index in [0.29, 0.717) is 19.4 Å². The van der Waals surface area contributed by atoms with E-state index in [9.17, 15) is 4.79 Å². The Kier molecular flexibility index (Phi) is 11.3. The molecule has 2 N–H and O–H groups in total. The summed E-state index contributed by atoms with van der Waals surface area (Å²) in [6, 6.07) is 5.68. The molecule has 1 aromatic rings. The summed E-state index contributed by atoms with van der Waals surface area (Å²) in [5, 5.41) is 6.15. The van der Waals surface area contributed by atoms with E-state index in [0.717, 1.165) is 36.6 Å². The van der Waals surface area contributed by atoms with Crippen LogP contribution in [0.15, 0.2) is 18.2 Å². The van der Waals surface area contributed by atoms with E-state index in [4.69, 9.17) is 9.47 Å². The number of methoxy groups -OCH3 is 2. The Bertz CT molecular complexity index is 419. The molecule has 1 amide bonds. The lowest BCUT2D eigenvalue weighted by Crippen LogP contribution is -2.32. The minimum Gasteiger partial charge on any atom is -0.497 e. The van der Waals surface area contributed by atoms with Crippen molar-refractivity contribution in [1.82, 2.24) is 10.6 Å². The third kappa shape index (κ3) is 8.10. The molecule has 22 heavy (non-hydrogen) atoms. The highest BCUT2D eigenvalue weighted by atomic mass is 35.5. The highest BCUT2D eigenvalue weighted by molar-refractivity contribution is 5.85. The molecular weight excluding hydrogens is 304 g/mol. The standard InChI is InChI=1S/C16H26N2O3.ClH/c1-4-7-17-8-9-18-16(19)6-5-13-10-14(20-2)12-15(11-13)21-3;/h10-12,17H,4-9H2,1-3H3,(H,18,19);1H. The zero-order chi connectivity index (χ0) is 15.5. The number of carbonyl (C=O) groups excluding carboxylic acids is 1. The molecule has 0 aliphatic carbocycles. The third-order valence-corrected chi connectivity index (χ3v) is 3.10. The molecule has 6 heteroatoms. The summed E-state index contributed by atoms with van der Waals surface area (Å²) >= 11 is 0. The lowest BCUT2D eigenvalue weighted by atomic mass is 10.1. The van der Waals surface area contributed by atoms with E-state index in [1.807, 2.05) is 18.2 Å². The first-order valence-electron chi connectivity index (χ1n) is 7.39. The fraction of sp³-hybridized carbons (Fsp3) is 0.562. The van der Waals surface area contributed by atoms with Crippen LogP contribution in [0.1, 0.15) is 25.3 Å². The number of benzene rings is 1. The van der Waals surface area contributed by atoms with Gasteiger partial charge in [-0.1, -0.05) is 6.92 Å². The number of ether oxygens (including phenoxy) is 2. The summed E-state index contributed by atoms with van der Waals surface area (Å²) in [7, 11) is 3.24. The van der Waals surface area contributed by atoms with E-state index in [-0.39, 0.29) is 18.3 Å². The molecule has 1 rings (SSSR count). The Hall–Kier alpha value is -1.46. The molecule has 0 bridgehead atoms. The van der Waals surface area contributed by atoms with Gasteiger partial charge in [-0.3, -0.25) is 4.79 Å². The van der Waals surface area contributed by atoms with Gasteiger partial charge in [-0.25, -0.2) is 0 Å². The predicted molar refractivity (Wildman–Crippen MR) is 91.3 cm³/mol. The van der Waals surface area contributed by atoms with Crippen LogP contribution in [-0.4, -0.2) is 39.8 Å². The van der Waals surface area contributed by atoms with Crippen LogP contribution in [0.3, 0.4) is 0 Å². The van der Waals surface area contributed by atoms with Gasteiger partial charge in [-0.05, 0) is 37.1 Å². The summed E-state index contributed by atoms with van der Waals surface area (Å²) in [4.78, 5) is 11.8. The summed E-state index contributed by atoms with van der Waals surface area (Å²) in [6.07, 6.45) is 2.23. The Morgan fingerprint density at radius 2 is 1.68 bits per heavy atom. The number of rotatable bonds is 10. The second-order valence-electron chi connectivity index (χ2n) is 4.82. The van der Waals surface area contributed by atoms with Crippen molar-refractivity contribution in [2.45, 2.75) is 26.2 Å². The first-order valence-corrected chi connectivity index (χ1v) is 7.39. The molecule has 5 nitrogen and oxygen atoms in total. The smallest absolute Gasteiger partial charge is 0.220 e. The van der Waals surface area contributed by atoms with Crippen LogP contribution < -0.4 is 20.1 Å². The van der Waals surface area contributed by atoms with Crippen LogP contribution in [0.5, 0.6) is 11.5 Å². The molecule has 0 atom stereocenters. The van der Waals surface area contributed by atoms with Crippen LogP contribution in [-0.2, 0) is 11.2 Å². The number of amides is 1. The average Bonchev–Trinajstić information content (AvgIpc) is 2.52. The first kappa shape index (κ1) is 20.5. The highest BCUT2D eigenvalue weighted by Gasteiger charge is 2.05. The number of halogens is 1. The maximum absolute atomic E-state index is 11.8. The molecule has 1 aromatic carbocycles. The van der Waals surface area contributed by atoms with Gasteiger partial charge in [0.05, 0.1) is 14.2 Å². The van der Waals surface area contributed by atoms with Gasteiger partial charge in [0, 0.05) is 25.6 Å². The molecule has 0 saturated heterocycles. The van der Waals surface area contributed by atoms with E-state index in [1.165, 1.54) is 0 Å². The lowest BCUT2D eigenvalue weighted by molar-refractivity contribution is -0.121. The van der Waals surface area contributed by atoms with Gasteiger partial charge < -0.3 is 20.1 Å². The molecule has 0 saturated carbocycles. The first-order chi connectivity index (χ1) is 10.2. The van der Waals surface area contributed by atoms with Crippen molar-refractivity contribution in [2.75, 3.05) is 33.9 Å². The fourth-order valence-electron chi connectivity index (χ4n) is 1.95. The molecule has 0 aliphatic rings. The summed E-state index contributed by atoms with van der Waals surface area (Å²) in [5.74, 6) is 1.55. The summed E-state index contributed by atoms with van der Waals surface area (Å²) in [6.45, 7) is 4.58. The van der Waals surface area contributed by atoms with Gasteiger partial charge in [0.25, 0.3) is 0 Å². The van der Waals surface area contributed by atoms with Gasteiger partial charge in [0.1, 0.15) is 11.5 Å². The van der Waals surface area contributed by atoms with E-state index >= 15 is 0 Å². The van der Waals surface area contributed by atoms with Gasteiger partial charge in [-0.2, -0.15) is 0 Å². The Balaban J connectivity index is 0.00000441. The molecule has 0 aromatic heterocycles. The zero-order valence-corrected chi connectivity index (χ0v) is 14.4. The fourth-order valence-corrected chi connectivity index (χ4v) is 1.95. The van der Waals surface area contributed by atoms with E-state index in [1.54, 1.807) is 14.2 Å². The maximum atomic E-state index is 11.8. The molecule has 126 valence electrons. The van der Waals surface area contributed by atoms with Crippen LogP contribution in [0.25, 0.3) is 0 Å². The molecule has 0 spiro atoms. The Morgan fingerprint density at radius 3 is 2.23 bits per heavy atom. The third-order valence-electron chi connectivity index (χ3n) is 3.10. The van der Waals surface area contributed by atoms with Crippen molar-refractivity contribution in [1.29, 1.82) is 0 Å². The predicted octanol–water partition coefficient (Wildman–Crippen LogP) is 2.17. The van der Waals surface area contributed by atoms with Gasteiger partial charge in [0.2, 0.25) is 5.91 Å². The normalized spacial score (nSPS) is 9.77. The van der Waals surface area contributed by atoms with E-state index < -0.39 is 0 Å². The molecule has 0 unspecified atom stereocenters. The van der Waals surface area contributed by atoms with Crippen molar-refractivity contribution in [2.24, 2.45) is 0 Å². The quantitative estimate of drug-likeness (QED) is 0.646. The van der Waals surface area contributed by atoms with Gasteiger partial charge in [-0.15, -0.1) is 12.4 Å². The van der Waals surface area contributed by atoms with Crippen molar-refractivity contribution >= 4 is 18.3 Å². The van der Waals surface area contributed by atoms with Gasteiger partial charge in [0.15, 0.2) is 0 Å². The van der Waals surface area contributed by atoms with Crippen molar-refractivity contribution in [3.05, 3.63) is 23.8 Å². The zero-order valence-electron chi connectivity index (χ0n) is 13.6. The van der Waals surface area contributed by atoms with Crippen LogP contribution in [0.4, 0.5) is 0 Å². The molecule has 0 aliphatic heterocycles. The van der Waals surface area contributed by atoms with Crippen molar-refractivity contribution in [3.63, 3.8) is 0 Å². The van der Waals surface area contributed by atoms with Gasteiger partial charge >= 0.3 is 0 Å². The Morgan fingerprint density at radius 1 is 1.05 bits per heavy atom. The summed E-state index contributed by atoms with van der Waals surface area (Å²) < 4.78 is 10.4. The average molecular weight is 331 g/mol. The molecule has 0 radical (unpaired) electrons. The van der Waals surface area contributed by atoms with Crippen molar-refractivity contribution < 1.29 is 14.3 Å². The number of hydrogen-bond acceptors (Lipinski definition) is 4. The molecule has 0 heterocycles.